The molecule has 0 aliphatic carbocycles. The normalized spacial score (nSPS) is 23.8. The summed E-state index contributed by atoms with van der Waals surface area (Å²) in [6.45, 7) is 3.79. The Kier molecular flexibility index (Phi) is 5.30. The van der Waals surface area contributed by atoms with Gasteiger partial charge in [0.05, 0.1) is 33.8 Å². The van der Waals surface area contributed by atoms with Gasteiger partial charge in [0.1, 0.15) is 5.84 Å². The van der Waals surface area contributed by atoms with Crippen LogP contribution in [0.1, 0.15) is 29.4 Å². The maximum atomic E-state index is 12.0. The number of nitrogens with one attached hydrogen (secondary N) is 1. The first-order valence-corrected chi connectivity index (χ1v) is 12.0. The van der Waals surface area contributed by atoms with E-state index in [0.717, 1.165) is 28.7 Å². The zero-order valence-electron chi connectivity index (χ0n) is 15.8. The maximum Gasteiger partial charge on any atom is 0.289 e. The van der Waals surface area contributed by atoms with Crippen LogP contribution >= 0.6 is 23.4 Å². The fourth-order valence-electron chi connectivity index (χ4n) is 3.53. The first-order valence-electron chi connectivity index (χ1n) is 9.03. The summed E-state index contributed by atoms with van der Waals surface area (Å²) in [7, 11) is -3.01. The second-order valence-electron chi connectivity index (χ2n) is 7.05. The molecule has 1 N–H and O–H groups in total. The Labute approximate surface area is 178 Å². The molecule has 10 heteroatoms. The van der Waals surface area contributed by atoms with Crippen LogP contribution in [0, 0.1) is 13.8 Å². The highest BCUT2D eigenvalue weighted by Gasteiger charge is 2.32. The predicted molar refractivity (Wildman–Crippen MR) is 117 cm³/mol. The van der Waals surface area contributed by atoms with Gasteiger partial charge < -0.3 is 5.32 Å². The van der Waals surface area contributed by atoms with Gasteiger partial charge in [-0.2, -0.15) is 5.10 Å². The molecule has 1 aromatic heterocycles. The zero-order valence-corrected chi connectivity index (χ0v) is 18.2. The highest BCUT2D eigenvalue weighted by atomic mass is 35.5. The Bertz CT molecular complexity index is 1170. The van der Waals surface area contributed by atoms with Crippen molar-refractivity contribution in [3.8, 4) is 0 Å². The molecule has 1 aromatic carbocycles. The fourth-order valence-corrected chi connectivity index (χ4v) is 6.12. The number of halogens is 1. The average Bonchev–Trinajstić information content (AvgIpc) is 3.26. The molecule has 0 spiro atoms. The Morgan fingerprint density at radius 2 is 2.17 bits per heavy atom. The lowest BCUT2D eigenvalue weighted by Gasteiger charge is -2.11. The van der Waals surface area contributed by atoms with Gasteiger partial charge in [0.15, 0.2) is 9.84 Å². The molecule has 3 heterocycles. The molecular formula is C19H19ClN4O3S2. The number of carbonyl (C=O) groups excluding carboxylic acids is 1. The molecule has 0 bridgehead atoms. The van der Waals surface area contributed by atoms with Crippen molar-refractivity contribution in [3.05, 3.63) is 51.1 Å². The van der Waals surface area contributed by atoms with Crippen LogP contribution < -0.4 is 5.32 Å². The van der Waals surface area contributed by atoms with Gasteiger partial charge in [-0.25, -0.2) is 13.4 Å². The summed E-state index contributed by atoms with van der Waals surface area (Å²) in [6, 6.07) is 6.93. The number of aliphatic imine (C=N–C) groups is 1. The minimum Gasteiger partial charge on any atom is -0.300 e. The zero-order chi connectivity index (χ0) is 20.8. The number of aryl methyl sites for hydroxylation is 1. The molecule has 152 valence electrons. The number of rotatable bonds is 3. The molecular weight excluding hydrogens is 432 g/mol. The van der Waals surface area contributed by atoms with Crippen molar-refractivity contribution in [2.24, 2.45) is 4.99 Å². The van der Waals surface area contributed by atoms with E-state index in [0.29, 0.717) is 27.9 Å². The minimum atomic E-state index is -3.01. The van der Waals surface area contributed by atoms with E-state index in [1.54, 1.807) is 28.9 Å². The topological polar surface area (TPSA) is 93.4 Å². The first kappa shape index (κ1) is 20.2. The highest BCUT2D eigenvalue weighted by Crippen LogP contribution is 2.32. The van der Waals surface area contributed by atoms with Gasteiger partial charge in [-0.3, -0.25) is 9.48 Å². The van der Waals surface area contributed by atoms with Gasteiger partial charge in [-0.05, 0) is 56.3 Å². The molecule has 0 radical (unpaired) electrons. The summed E-state index contributed by atoms with van der Waals surface area (Å²) in [5.74, 6) is 0.760. The summed E-state index contributed by atoms with van der Waals surface area (Å²) >= 11 is 7.09. The predicted octanol–water partition coefficient (Wildman–Crippen LogP) is 4.04. The quantitative estimate of drug-likeness (QED) is 0.761. The smallest absolute Gasteiger partial charge is 0.289 e. The van der Waals surface area contributed by atoms with Crippen LogP contribution in [0.25, 0.3) is 6.08 Å². The number of nitrogens with zero attached hydrogens (tertiary/aromatic N) is 3. The van der Waals surface area contributed by atoms with Crippen LogP contribution in [-0.2, 0) is 9.84 Å². The molecule has 1 amide bonds. The third-order valence-electron chi connectivity index (χ3n) is 4.92. The lowest BCUT2D eigenvalue weighted by molar-refractivity contribution is 0.265. The molecule has 29 heavy (non-hydrogen) atoms. The largest absolute Gasteiger partial charge is 0.300 e. The van der Waals surface area contributed by atoms with Gasteiger partial charge in [0.25, 0.3) is 5.24 Å². The van der Waals surface area contributed by atoms with E-state index in [-0.39, 0.29) is 22.8 Å². The van der Waals surface area contributed by atoms with Gasteiger partial charge in [0.2, 0.25) is 0 Å². The number of amidine groups is 1. The van der Waals surface area contributed by atoms with Crippen molar-refractivity contribution in [2.45, 2.75) is 26.3 Å². The lowest BCUT2D eigenvalue weighted by atomic mass is 10.1. The van der Waals surface area contributed by atoms with Gasteiger partial charge >= 0.3 is 0 Å². The van der Waals surface area contributed by atoms with Crippen LogP contribution in [0.3, 0.4) is 0 Å². The second kappa shape index (κ2) is 7.62. The van der Waals surface area contributed by atoms with E-state index in [4.69, 9.17) is 11.6 Å². The Balaban J connectivity index is 1.70. The summed E-state index contributed by atoms with van der Waals surface area (Å²) in [5, 5.41) is 7.69. The first-order chi connectivity index (χ1) is 13.7. The van der Waals surface area contributed by atoms with Crippen LogP contribution in [0.15, 0.2) is 34.2 Å². The Morgan fingerprint density at radius 1 is 1.38 bits per heavy atom. The van der Waals surface area contributed by atoms with Crippen LogP contribution in [0.4, 0.5) is 10.5 Å². The van der Waals surface area contributed by atoms with Crippen LogP contribution in [-0.4, -0.2) is 40.8 Å². The molecule has 2 saturated heterocycles. The SMILES string of the molecule is Cc1nn(C2CCS(=O)(=O)C2)c(C)c1/C=C1\SC(=O)NC1=Nc1cccc(Cl)c1. The number of thioether (sulfide) groups is 1. The Hall–Kier alpha value is -2.10. The van der Waals surface area contributed by atoms with Gasteiger partial charge in [0, 0.05) is 16.3 Å². The number of hydrogen-bond donors (Lipinski definition) is 1. The van der Waals surface area contributed by atoms with Crippen molar-refractivity contribution in [1.82, 2.24) is 15.1 Å². The molecule has 2 fully saturated rings. The summed E-state index contributed by atoms with van der Waals surface area (Å²) in [6.07, 6.45) is 2.44. The van der Waals surface area contributed by atoms with Crippen molar-refractivity contribution >= 4 is 56.0 Å². The van der Waals surface area contributed by atoms with E-state index in [1.807, 2.05) is 19.9 Å². The second-order valence-corrected chi connectivity index (χ2v) is 10.7. The Morgan fingerprint density at radius 3 is 2.86 bits per heavy atom. The molecule has 2 aliphatic rings. The van der Waals surface area contributed by atoms with Crippen molar-refractivity contribution in [2.75, 3.05) is 11.5 Å². The molecule has 2 aliphatic heterocycles. The third kappa shape index (κ3) is 4.26. The fraction of sp³-hybridized carbons (Fsp3) is 0.316. The highest BCUT2D eigenvalue weighted by molar-refractivity contribution is 8.18. The van der Waals surface area contributed by atoms with E-state index in [9.17, 15) is 13.2 Å². The minimum absolute atomic E-state index is 0.112. The molecule has 1 atom stereocenters. The summed E-state index contributed by atoms with van der Waals surface area (Å²) in [5.41, 5.74) is 3.16. The van der Waals surface area contributed by atoms with Crippen LogP contribution in [0.5, 0.6) is 0 Å². The van der Waals surface area contributed by atoms with Crippen molar-refractivity contribution in [1.29, 1.82) is 0 Å². The number of benzene rings is 1. The molecule has 0 saturated carbocycles. The average molecular weight is 451 g/mol. The molecule has 4 rings (SSSR count). The van der Waals surface area contributed by atoms with E-state index in [2.05, 4.69) is 15.4 Å². The van der Waals surface area contributed by atoms with Gasteiger partial charge in [-0.15, -0.1) is 0 Å². The number of aromatic nitrogens is 2. The van der Waals surface area contributed by atoms with E-state index < -0.39 is 9.84 Å². The van der Waals surface area contributed by atoms with Crippen molar-refractivity contribution < 1.29 is 13.2 Å². The van der Waals surface area contributed by atoms with E-state index in [1.165, 1.54) is 0 Å². The number of amides is 1. The number of hydrogen-bond acceptors (Lipinski definition) is 6. The van der Waals surface area contributed by atoms with Crippen molar-refractivity contribution in [3.63, 3.8) is 0 Å². The number of carbonyl (C=O) groups is 1. The summed E-state index contributed by atoms with van der Waals surface area (Å²) < 4.78 is 25.5. The standard InChI is InChI=1S/C19H19ClN4O3S2/c1-11-16(12(2)24(23-11)15-6-7-29(26,27)10-15)9-17-18(22-19(25)28-17)21-14-5-3-4-13(20)8-14/h3-5,8-9,15H,6-7,10H2,1-2H3,(H,21,22,25)/b17-9-. The van der Waals surface area contributed by atoms with Crippen LogP contribution in [0.2, 0.25) is 5.02 Å². The monoisotopic (exact) mass is 450 g/mol. The van der Waals surface area contributed by atoms with Gasteiger partial charge in [-0.1, -0.05) is 17.7 Å². The summed E-state index contributed by atoms with van der Waals surface area (Å²) in [4.78, 5) is 17.2. The third-order valence-corrected chi connectivity index (χ3v) is 7.72. The lowest BCUT2D eigenvalue weighted by Crippen LogP contribution is -2.18. The maximum absolute atomic E-state index is 12.0. The molecule has 7 nitrogen and oxygen atoms in total. The number of sulfone groups is 1. The molecule has 2 aromatic rings. The molecule has 1 unspecified atom stereocenters. The van der Waals surface area contributed by atoms with E-state index >= 15 is 0 Å².